The van der Waals surface area contributed by atoms with E-state index >= 15 is 0 Å². The van der Waals surface area contributed by atoms with Crippen LogP contribution in [0.4, 0.5) is 10.8 Å². The fourth-order valence-corrected chi connectivity index (χ4v) is 4.52. The summed E-state index contributed by atoms with van der Waals surface area (Å²) >= 11 is 2.96. The largest absolute Gasteiger partial charge is 0.357 e. The maximum atomic E-state index is 12.1. The molecule has 3 rings (SSSR count). The van der Waals surface area contributed by atoms with Crippen molar-refractivity contribution >= 4 is 39.8 Å². The molecule has 1 fully saturated rings. The van der Waals surface area contributed by atoms with Crippen LogP contribution in [0.15, 0.2) is 22.5 Å². The minimum Gasteiger partial charge on any atom is -0.357 e. The molecule has 1 aliphatic carbocycles. The van der Waals surface area contributed by atoms with Gasteiger partial charge in [-0.05, 0) is 49.9 Å². The number of hydrogen-bond donors (Lipinski definition) is 2. The van der Waals surface area contributed by atoms with Gasteiger partial charge in [0.15, 0.2) is 4.34 Å². The summed E-state index contributed by atoms with van der Waals surface area (Å²) in [6, 6.07) is 6.47. The van der Waals surface area contributed by atoms with Crippen LogP contribution in [0.5, 0.6) is 0 Å². The molecule has 1 aliphatic rings. The van der Waals surface area contributed by atoms with E-state index in [1.165, 1.54) is 66.3 Å². The molecule has 0 aliphatic heterocycles. The van der Waals surface area contributed by atoms with Gasteiger partial charge in [0.1, 0.15) is 0 Å². The number of nitrogens with zero attached hydrogens (tertiary/aromatic N) is 2. The molecular formula is C18H24N4OS2. The molecule has 1 saturated carbocycles. The first-order chi connectivity index (χ1) is 12.1. The average Bonchev–Trinajstić information content (AvgIpc) is 3.05. The molecule has 1 aromatic carbocycles. The van der Waals surface area contributed by atoms with E-state index < -0.39 is 0 Å². The molecule has 7 heteroatoms. The maximum absolute atomic E-state index is 12.1. The predicted octanol–water partition coefficient (Wildman–Crippen LogP) is 4.63. The lowest BCUT2D eigenvalue weighted by molar-refractivity contribution is -0.113. The van der Waals surface area contributed by atoms with Gasteiger partial charge in [0.2, 0.25) is 11.0 Å². The number of aromatic nitrogens is 2. The van der Waals surface area contributed by atoms with E-state index in [0.717, 1.165) is 15.2 Å². The van der Waals surface area contributed by atoms with E-state index in [9.17, 15) is 4.79 Å². The first kappa shape index (κ1) is 18.2. The van der Waals surface area contributed by atoms with Gasteiger partial charge in [-0.25, -0.2) is 0 Å². The fraction of sp³-hybridized carbons (Fsp3) is 0.500. The normalized spacial score (nSPS) is 15.1. The van der Waals surface area contributed by atoms with Gasteiger partial charge in [-0.2, -0.15) is 0 Å². The number of nitrogens with one attached hydrogen (secondary N) is 2. The molecule has 1 heterocycles. The molecule has 0 unspecified atom stereocenters. The van der Waals surface area contributed by atoms with Crippen LogP contribution in [-0.2, 0) is 4.79 Å². The first-order valence-electron chi connectivity index (χ1n) is 8.70. The van der Waals surface area contributed by atoms with Crippen molar-refractivity contribution < 1.29 is 4.79 Å². The van der Waals surface area contributed by atoms with Crippen molar-refractivity contribution in [3.05, 3.63) is 29.3 Å². The Bertz CT molecular complexity index is 726. The van der Waals surface area contributed by atoms with Crippen molar-refractivity contribution in [2.24, 2.45) is 0 Å². The van der Waals surface area contributed by atoms with Gasteiger partial charge in [0.25, 0.3) is 0 Å². The summed E-state index contributed by atoms with van der Waals surface area (Å²) in [7, 11) is 0. The first-order valence-corrected chi connectivity index (χ1v) is 10.5. The molecule has 25 heavy (non-hydrogen) atoms. The lowest BCUT2D eigenvalue weighted by atomic mass is 9.96. The summed E-state index contributed by atoms with van der Waals surface area (Å²) in [6.07, 6.45) is 6.33. The molecule has 0 bridgehead atoms. The zero-order valence-corrected chi connectivity index (χ0v) is 16.3. The number of amides is 1. The second-order valence-electron chi connectivity index (χ2n) is 6.49. The molecule has 0 radical (unpaired) electrons. The topological polar surface area (TPSA) is 66.9 Å². The van der Waals surface area contributed by atoms with Crippen LogP contribution >= 0.6 is 23.1 Å². The minimum absolute atomic E-state index is 0.0229. The number of rotatable bonds is 6. The Morgan fingerprint density at radius 1 is 1.20 bits per heavy atom. The Labute approximate surface area is 157 Å². The van der Waals surface area contributed by atoms with Crippen molar-refractivity contribution in [1.29, 1.82) is 0 Å². The maximum Gasteiger partial charge on any atom is 0.234 e. The van der Waals surface area contributed by atoms with Crippen LogP contribution in [0.2, 0.25) is 0 Å². The van der Waals surface area contributed by atoms with Crippen LogP contribution in [0.3, 0.4) is 0 Å². The Morgan fingerprint density at radius 3 is 2.76 bits per heavy atom. The van der Waals surface area contributed by atoms with E-state index in [0.29, 0.717) is 11.8 Å². The highest BCUT2D eigenvalue weighted by Crippen LogP contribution is 2.28. The summed E-state index contributed by atoms with van der Waals surface area (Å²) < 4.78 is 0.827. The van der Waals surface area contributed by atoms with E-state index in [-0.39, 0.29) is 5.91 Å². The Hall–Kier alpha value is -1.60. The summed E-state index contributed by atoms with van der Waals surface area (Å²) in [6.45, 7) is 4.10. The number of carbonyl (C=O) groups excluding carboxylic acids is 1. The van der Waals surface area contributed by atoms with Gasteiger partial charge < -0.3 is 10.6 Å². The quantitative estimate of drug-likeness (QED) is 0.720. The molecule has 134 valence electrons. The van der Waals surface area contributed by atoms with Gasteiger partial charge in [-0.3, -0.25) is 4.79 Å². The highest BCUT2D eigenvalue weighted by atomic mass is 32.2. The second kappa shape index (κ2) is 8.67. The Kier molecular flexibility index (Phi) is 6.31. The number of carbonyl (C=O) groups is 1. The zero-order chi connectivity index (χ0) is 17.6. The third kappa shape index (κ3) is 5.44. The number of hydrogen-bond acceptors (Lipinski definition) is 6. The number of anilines is 2. The molecule has 1 amide bonds. The van der Waals surface area contributed by atoms with Crippen molar-refractivity contribution in [2.75, 3.05) is 16.4 Å². The standard InChI is InChI=1S/C18H24N4OS2/c1-12-8-9-15(10-13(12)2)19-16(23)11-24-18-22-21-17(25-18)20-14-6-4-3-5-7-14/h8-10,14H,3-7,11H2,1-2H3,(H,19,23)(H,20,21). The fourth-order valence-electron chi connectivity index (χ4n) is 2.89. The smallest absolute Gasteiger partial charge is 0.234 e. The Balaban J connectivity index is 1.46. The second-order valence-corrected chi connectivity index (χ2v) is 8.69. The monoisotopic (exact) mass is 376 g/mol. The van der Waals surface area contributed by atoms with E-state index in [1.54, 1.807) is 0 Å². The lowest BCUT2D eigenvalue weighted by Gasteiger charge is -2.21. The number of benzene rings is 1. The van der Waals surface area contributed by atoms with E-state index in [4.69, 9.17) is 0 Å². The summed E-state index contributed by atoms with van der Waals surface area (Å²) in [5.41, 5.74) is 3.23. The molecule has 1 aromatic heterocycles. The van der Waals surface area contributed by atoms with Crippen molar-refractivity contribution in [3.63, 3.8) is 0 Å². The summed E-state index contributed by atoms with van der Waals surface area (Å²) in [5, 5.41) is 15.6. The molecule has 5 nitrogen and oxygen atoms in total. The van der Waals surface area contributed by atoms with Gasteiger partial charge >= 0.3 is 0 Å². The van der Waals surface area contributed by atoms with Gasteiger partial charge in [0.05, 0.1) is 5.75 Å². The van der Waals surface area contributed by atoms with Gasteiger partial charge in [0, 0.05) is 11.7 Å². The summed E-state index contributed by atoms with van der Waals surface area (Å²) in [4.78, 5) is 12.1. The van der Waals surface area contributed by atoms with Crippen molar-refractivity contribution in [3.8, 4) is 0 Å². The van der Waals surface area contributed by atoms with Crippen LogP contribution in [0.25, 0.3) is 0 Å². The van der Waals surface area contributed by atoms with Crippen molar-refractivity contribution in [1.82, 2.24) is 10.2 Å². The average molecular weight is 377 g/mol. The molecule has 0 spiro atoms. The zero-order valence-electron chi connectivity index (χ0n) is 14.7. The van der Waals surface area contributed by atoms with Crippen molar-refractivity contribution in [2.45, 2.75) is 56.3 Å². The predicted molar refractivity (Wildman–Crippen MR) is 106 cm³/mol. The van der Waals surface area contributed by atoms with E-state index in [2.05, 4.69) is 27.8 Å². The molecular weight excluding hydrogens is 352 g/mol. The third-order valence-corrected chi connectivity index (χ3v) is 6.44. The highest BCUT2D eigenvalue weighted by molar-refractivity contribution is 8.01. The number of aryl methyl sites for hydroxylation is 2. The van der Waals surface area contributed by atoms with Crippen LogP contribution in [-0.4, -0.2) is 27.9 Å². The van der Waals surface area contributed by atoms with E-state index in [1.807, 2.05) is 25.1 Å². The molecule has 2 aromatic rings. The Morgan fingerprint density at radius 2 is 2.00 bits per heavy atom. The van der Waals surface area contributed by atoms with Crippen LogP contribution in [0.1, 0.15) is 43.2 Å². The molecule has 0 saturated heterocycles. The SMILES string of the molecule is Cc1ccc(NC(=O)CSc2nnc(NC3CCCCC3)s2)cc1C. The van der Waals surface area contributed by atoms with Crippen LogP contribution in [0, 0.1) is 13.8 Å². The summed E-state index contributed by atoms with van der Waals surface area (Å²) in [5.74, 6) is 0.315. The highest BCUT2D eigenvalue weighted by Gasteiger charge is 2.15. The molecule has 0 atom stereocenters. The van der Waals surface area contributed by atoms with Crippen LogP contribution < -0.4 is 10.6 Å². The van der Waals surface area contributed by atoms with Gasteiger partial charge in [-0.1, -0.05) is 48.4 Å². The third-order valence-electron chi connectivity index (χ3n) is 4.46. The van der Waals surface area contributed by atoms with Gasteiger partial charge in [-0.15, -0.1) is 10.2 Å². The lowest BCUT2D eigenvalue weighted by Crippen LogP contribution is -2.21. The number of thioether (sulfide) groups is 1. The minimum atomic E-state index is -0.0229. The molecule has 2 N–H and O–H groups in total.